The van der Waals surface area contributed by atoms with Crippen molar-refractivity contribution in [2.24, 2.45) is 40.4 Å². The number of hydrogen-bond acceptors (Lipinski definition) is 4. The molecule has 5 nitrogen and oxygen atoms in total. The van der Waals surface area contributed by atoms with Crippen LogP contribution in [0.25, 0.3) is 4.98 Å². The third-order valence-corrected chi connectivity index (χ3v) is 9.50. The average molecular weight is 388 g/mol. The normalized spacial score (nSPS) is 48.0. The maximum Gasteiger partial charge on any atom is 0.387 e. The Hall–Kier alpha value is -1.57. The van der Waals surface area contributed by atoms with E-state index in [1.54, 1.807) is 0 Å². The van der Waals surface area contributed by atoms with Crippen LogP contribution < -0.4 is 0 Å². The fraction of sp³-hybridized carbons (Fsp3) is 0.870. The number of rotatable bonds is 2. The van der Waals surface area contributed by atoms with Crippen molar-refractivity contribution in [3.05, 3.63) is 16.9 Å². The summed E-state index contributed by atoms with van der Waals surface area (Å²) in [6, 6.07) is 0. The largest absolute Gasteiger partial charge is 0.505 e. The zero-order chi connectivity index (χ0) is 20.1. The van der Waals surface area contributed by atoms with Gasteiger partial charge in [0, 0.05) is 12.8 Å². The monoisotopic (exact) mass is 387 g/mol. The van der Waals surface area contributed by atoms with E-state index in [0.717, 1.165) is 43.9 Å². The minimum atomic E-state index is -0.143. The zero-order valence-electron chi connectivity index (χ0n) is 17.6. The van der Waals surface area contributed by atoms with Crippen LogP contribution in [0.2, 0.25) is 0 Å². The molecule has 154 valence electrons. The Bertz CT molecular complexity index is 713. The van der Waals surface area contributed by atoms with Crippen LogP contribution in [-0.4, -0.2) is 17.2 Å². The molecule has 0 saturated heterocycles. The summed E-state index contributed by atoms with van der Waals surface area (Å²) in [4.78, 5) is 14.5. The van der Waals surface area contributed by atoms with Crippen molar-refractivity contribution in [2.45, 2.75) is 84.7 Å². The van der Waals surface area contributed by atoms with Crippen LogP contribution in [0.1, 0.15) is 78.6 Å². The molecular weight excluding hydrogens is 352 g/mol. The number of aliphatic hydroxyl groups is 1. The molecule has 0 radical (unpaired) electrons. The van der Waals surface area contributed by atoms with Gasteiger partial charge >= 0.3 is 12.2 Å². The Labute approximate surface area is 168 Å². The molecule has 4 aliphatic rings. The maximum atomic E-state index is 11.4. The van der Waals surface area contributed by atoms with Gasteiger partial charge in [-0.15, -0.1) is 0 Å². The maximum absolute atomic E-state index is 11.4. The topological polar surface area (TPSA) is 74.7 Å². The lowest BCUT2D eigenvalue weighted by atomic mass is 9.44. The van der Waals surface area contributed by atoms with Gasteiger partial charge in [0.2, 0.25) is 5.39 Å². The van der Waals surface area contributed by atoms with Gasteiger partial charge in [-0.1, -0.05) is 13.8 Å². The third-order valence-electron chi connectivity index (χ3n) is 9.50. The Morgan fingerprint density at radius 1 is 1.07 bits per heavy atom. The van der Waals surface area contributed by atoms with E-state index in [0.29, 0.717) is 17.3 Å². The van der Waals surface area contributed by atoms with Crippen molar-refractivity contribution in [3.8, 4) is 0 Å². The first-order valence-electron chi connectivity index (χ1n) is 11.2. The molecule has 0 spiro atoms. The molecule has 4 saturated carbocycles. The summed E-state index contributed by atoms with van der Waals surface area (Å²) < 4.78 is 5.57. The van der Waals surface area contributed by atoms with E-state index < -0.39 is 0 Å². The van der Waals surface area contributed by atoms with Crippen LogP contribution in [0.5, 0.6) is 0 Å². The smallest absolute Gasteiger partial charge is 0.387 e. The zero-order valence-corrected chi connectivity index (χ0v) is 17.6. The van der Waals surface area contributed by atoms with Gasteiger partial charge in [-0.25, -0.2) is 0 Å². The molecule has 0 heterocycles. The van der Waals surface area contributed by atoms with Crippen LogP contribution in [0, 0.1) is 45.8 Å². The summed E-state index contributed by atoms with van der Waals surface area (Å²) in [5.41, 5.74) is 0.474. The summed E-state index contributed by atoms with van der Waals surface area (Å²) >= 11 is 0. The van der Waals surface area contributed by atoms with E-state index in [9.17, 15) is 9.90 Å². The van der Waals surface area contributed by atoms with E-state index in [-0.39, 0.29) is 29.2 Å². The Kier molecular flexibility index (Phi) is 4.96. The fourth-order valence-corrected chi connectivity index (χ4v) is 8.20. The van der Waals surface area contributed by atoms with Crippen molar-refractivity contribution in [1.82, 2.24) is 0 Å². The summed E-state index contributed by atoms with van der Waals surface area (Å²) in [6.45, 7) is 6.39. The standard InChI is InChI=1S/C23H34N2O3/c1-14(26)28-16-8-10-22(2)15(12-16)4-5-17-18-6-7-20(21(27)13-25-24)23(18,3)11-9-19(17)22/h13,15-20H,4-12H2,1-3H3/p+1. The van der Waals surface area contributed by atoms with Crippen molar-refractivity contribution in [1.29, 1.82) is 5.39 Å². The van der Waals surface area contributed by atoms with Gasteiger partial charge < -0.3 is 9.84 Å². The van der Waals surface area contributed by atoms with Crippen molar-refractivity contribution in [3.63, 3.8) is 0 Å². The fourth-order valence-electron chi connectivity index (χ4n) is 8.20. The number of aliphatic hydroxyl groups excluding tert-OH is 1. The lowest BCUT2D eigenvalue weighted by Crippen LogP contribution is -2.54. The van der Waals surface area contributed by atoms with Crippen LogP contribution in [-0.2, 0) is 9.53 Å². The molecule has 4 aliphatic carbocycles. The number of fused-ring (bicyclic) bond motifs is 5. The molecule has 4 fully saturated rings. The highest BCUT2D eigenvalue weighted by Gasteiger charge is 2.61. The summed E-state index contributed by atoms with van der Waals surface area (Å²) in [7, 11) is 0. The van der Waals surface area contributed by atoms with Crippen LogP contribution in [0.3, 0.4) is 0 Å². The Morgan fingerprint density at radius 3 is 2.50 bits per heavy atom. The van der Waals surface area contributed by atoms with Crippen molar-refractivity contribution < 1.29 is 14.6 Å². The number of diazo groups is 1. The molecule has 8 unspecified atom stereocenters. The molecule has 5 heteroatoms. The first-order chi connectivity index (χ1) is 13.3. The highest BCUT2D eigenvalue weighted by molar-refractivity contribution is 5.66. The van der Waals surface area contributed by atoms with Crippen LogP contribution in [0.4, 0.5) is 0 Å². The first kappa shape index (κ1) is 19.7. The third kappa shape index (κ3) is 2.95. The minimum absolute atomic E-state index is 0.112. The lowest BCUT2D eigenvalue weighted by Gasteiger charge is -2.61. The molecule has 0 amide bonds. The number of esters is 1. The minimum Gasteiger partial charge on any atom is -0.505 e. The second kappa shape index (κ2) is 7.04. The van der Waals surface area contributed by atoms with Crippen LogP contribution >= 0.6 is 0 Å². The van der Waals surface area contributed by atoms with Gasteiger partial charge in [-0.2, -0.15) is 0 Å². The first-order valence-corrected chi connectivity index (χ1v) is 11.2. The van der Waals surface area contributed by atoms with E-state index >= 15 is 0 Å². The molecule has 0 bridgehead atoms. The number of carbonyl (C=O) groups excluding carboxylic acids is 1. The molecule has 4 rings (SSSR count). The number of allylic oxidation sites excluding steroid dienone is 1. The summed E-state index contributed by atoms with van der Waals surface area (Å²) in [6.07, 6.45) is 11.6. The Morgan fingerprint density at radius 2 is 1.79 bits per heavy atom. The SMILES string of the molecule is CC(=O)OC1CCC2(C)C(CCC3C2CCC2(C)C(C(O)=C[N+]#N)CCC32)C1. The molecule has 28 heavy (non-hydrogen) atoms. The molecule has 0 aromatic carbocycles. The molecule has 0 aliphatic heterocycles. The molecule has 0 aromatic heterocycles. The van der Waals surface area contributed by atoms with Gasteiger partial charge in [0.15, 0.2) is 10.7 Å². The predicted octanol–water partition coefficient (Wildman–Crippen LogP) is 5.83. The van der Waals surface area contributed by atoms with E-state index in [2.05, 4.69) is 18.8 Å². The van der Waals surface area contributed by atoms with Crippen molar-refractivity contribution >= 4 is 5.97 Å². The van der Waals surface area contributed by atoms with E-state index in [1.165, 1.54) is 38.8 Å². The van der Waals surface area contributed by atoms with E-state index in [1.807, 2.05) is 0 Å². The van der Waals surface area contributed by atoms with E-state index in [4.69, 9.17) is 10.1 Å². The van der Waals surface area contributed by atoms with Gasteiger partial charge in [0.1, 0.15) is 6.10 Å². The van der Waals surface area contributed by atoms with Crippen LogP contribution in [0.15, 0.2) is 12.0 Å². The van der Waals surface area contributed by atoms with Gasteiger partial charge in [0.25, 0.3) is 0 Å². The summed E-state index contributed by atoms with van der Waals surface area (Å²) in [5.74, 6) is 3.02. The molecule has 1 N–H and O–H groups in total. The lowest BCUT2D eigenvalue weighted by molar-refractivity contribution is -0.160. The molecular formula is C23H35N2O3+. The molecule has 8 atom stereocenters. The number of carbonyl (C=O) groups is 1. The average Bonchev–Trinajstić information content (AvgIpc) is 2.99. The highest BCUT2D eigenvalue weighted by atomic mass is 16.5. The predicted molar refractivity (Wildman–Crippen MR) is 107 cm³/mol. The number of ether oxygens (including phenoxy) is 1. The highest BCUT2D eigenvalue weighted by Crippen LogP contribution is 2.68. The quantitative estimate of drug-likeness (QED) is 0.367. The van der Waals surface area contributed by atoms with Gasteiger partial charge in [-0.05, 0) is 92.3 Å². The van der Waals surface area contributed by atoms with Gasteiger partial charge in [0.05, 0.1) is 0 Å². The Balaban J connectivity index is 1.53. The second-order valence-corrected chi connectivity index (χ2v) is 10.5. The second-order valence-electron chi connectivity index (χ2n) is 10.5. The molecule has 0 aromatic rings. The number of nitrogens with zero attached hydrogens (tertiary/aromatic N) is 2. The van der Waals surface area contributed by atoms with Gasteiger partial charge in [-0.3, -0.25) is 4.79 Å². The number of hydrogen-bond donors (Lipinski definition) is 1. The summed E-state index contributed by atoms with van der Waals surface area (Å²) in [5, 5.41) is 19.3. The van der Waals surface area contributed by atoms with Crippen molar-refractivity contribution in [2.75, 3.05) is 0 Å².